The highest BCUT2D eigenvalue weighted by Gasteiger charge is 2.19. The second-order valence-corrected chi connectivity index (χ2v) is 9.82. The van der Waals surface area contributed by atoms with Crippen molar-refractivity contribution in [2.24, 2.45) is 0 Å². The van der Waals surface area contributed by atoms with E-state index in [0.29, 0.717) is 5.13 Å². The lowest BCUT2D eigenvalue weighted by Crippen LogP contribution is -2.18. The summed E-state index contributed by atoms with van der Waals surface area (Å²) in [5.74, 6) is -0.446. The molecule has 3 aromatic carbocycles. The van der Waals surface area contributed by atoms with Crippen molar-refractivity contribution in [2.75, 3.05) is 10.0 Å². The molecule has 2 N–H and O–H groups in total. The lowest BCUT2D eigenvalue weighted by molar-refractivity contribution is 0.102. The van der Waals surface area contributed by atoms with Crippen LogP contribution in [0.25, 0.3) is 11.3 Å². The van der Waals surface area contributed by atoms with E-state index in [4.69, 9.17) is 0 Å². The summed E-state index contributed by atoms with van der Waals surface area (Å²) in [6.45, 7) is 4.06. The van der Waals surface area contributed by atoms with E-state index < -0.39 is 15.9 Å². The molecule has 4 aromatic rings. The molecule has 0 spiro atoms. The summed E-state index contributed by atoms with van der Waals surface area (Å²) in [4.78, 5) is 17.6. The number of thiazole rings is 1. The second-order valence-electron chi connectivity index (χ2n) is 7.27. The molecule has 0 atom stereocenters. The number of carbonyl (C=O) groups excluding carboxylic acids is 1. The van der Waals surface area contributed by atoms with Crippen molar-refractivity contribution < 1.29 is 13.2 Å². The Bertz CT molecular complexity index is 1380. The quantitative estimate of drug-likeness (QED) is 0.396. The number of para-hydroxylation sites is 1. The van der Waals surface area contributed by atoms with Crippen molar-refractivity contribution in [2.45, 2.75) is 18.7 Å². The number of aryl methyl sites for hydroxylation is 2. The van der Waals surface area contributed by atoms with Crippen LogP contribution in [0.5, 0.6) is 0 Å². The van der Waals surface area contributed by atoms with Gasteiger partial charge in [0.2, 0.25) is 0 Å². The van der Waals surface area contributed by atoms with E-state index in [0.717, 1.165) is 16.8 Å². The SMILES string of the molecule is Cc1ccc(-c2csc(NC(=O)c3ccccc3NS(=O)(=O)c3ccccc3)n2)c(C)c1. The van der Waals surface area contributed by atoms with Crippen LogP contribution in [0.4, 0.5) is 10.8 Å². The van der Waals surface area contributed by atoms with Gasteiger partial charge in [-0.3, -0.25) is 14.8 Å². The maximum absolute atomic E-state index is 12.9. The minimum absolute atomic E-state index is 0.119. The number of carbonyl (C=O) groups is 1. The molecule has 0 radical (unpaired) electrons. The van der Waals surface area contributed by atoms with Crippen LogP contribution in [0.15, 0.2) is 83.1 Å². The average Bonchev–Trinajstić information content (AvgIpc) is 3.22. The van der Waals surface area contributed by atoms with E-state index in [1.165, 1.54) is 29.0 Å². The van der Waals surface area contributed by atoms with Crippen LogP contribution in [-0.4, -0.2) is 19.3 Å². The summed E-state index contributed by atoms with van der Waals surface area (Å²) >= 11 is 1.31. The highest BCUT2D eigenvalue weighted by atomic mass is 32.2. The standard InChI is InChI=1S/C24H21N3O3S2/c1-16-12-13-19(17(2)14-16)22-15-31-24(25-22)26-23(28)20-10-6-7-11-21(20)27-32(29,30)18-8-4-3-5-9-18/h3-15,27H,1-2H3,(H,25,26,28). The number of rotatable bonds is 6. The molecule has 0 bridgehead atoms. The number of aromatic nitrogens is 1. The predicted octanol–water partition coefficient (Wildman–Crippen LogP) is 5.48. The van der Waals surface area contributed by atoms with Crippen LogP contribution < -0.4 is 10.0 Å². The zero-order valence-corrected chi connectivity index (χ0v) is 19.1. The smallest absolute Gasteiger partial charge is 0.261 e. The van der Waals surface area contributed by atoms with Crippen LogP contribution in [0.2, 0.25) is 0 Å². The van der Waals surface area contributed by atoms with Crippen molar-refractivity contribution >= 4 is 38.1 Å². The molecule has 8 heteroatoms. The topological polar surface area (TPSA) is 88.2 Å². The third-order valence-corrected chi connectivity index (χ3v) is 6.99. The van der Waals surface area contributed by atoms with Crippen molar-refractivity contribution in [1.82, 2.24) is 4.98 Å². The Kier molecular flexibility index (Phi) is 6.07. The number of sulfonamides is 1. The molecule has 162 valence electrons. The number of anilines is 2. The van der Waals surface area contributed by atoms with Gasteiger partial charge >= 0.3 is 0 Å². The molecule has 4 rings (SSSR count). The highest BCUT2D eigenvalue weighted by molar-refractivity contribution is 7.92. The van der Waals surface area contributed by atoms with E-state index in [2.05, 4.69) is 21.1 Å². The molecular weight excluding hydrogens is 442 g/mol. The first-order valence-corrected chi connectivity index (χ1v) is 12.2. The van der Waals surface area contributed by atoms with Gasteiger partial charge in [-0.05, 0) is 43.7 Å². The monoisotopic (exact) mass is 463 g/mol. The minimum Gasteiger partial charge on any atom is -0.298 e. The van der Waals surface area contributed by atoms with E-state index >= 15 is 0 Å². The zero-order valence-electron chi connectivity index (χ0n) is 17.5. The molecule has 0 aliphatic rings. The van der Waals surface area contributed by atoms with Crippen LogP contribution in [0.1, 0.15) is 21.5 Å². The number of hydrogen-bond acceptors (Lipinski definition) is 5. The fraction of sp³-hybridized carbons (Fsp3) is 0.0833. The van der Waals surface area contributed by atoms with E-state index in [9.17, 15) is 13.2 Å². The lowest BCUT2D eigenvalue weighted by atomic mass is 10.0. The molecule has 0 fully saturated rings. The van der Waals surface area contributed by atoms with E-state index in [-0.39, 0.29) is 16.1 Å². The van der Waals surface area contributed by atoms with Crippen LogP contribution >= 0.6 is 11.3 Å². The van der Waals surface area contributed by atoms with E-state index in [1.54, 1.807) is 42.5 Å². The van der Waals surface area contributed by atoms with Crippen molar-refractivity contribution in [3.8, 4) is 11.3 Å². The Morgan fingerprint density at radius 3 is 2.41 bits per heavy atom. The molecule has 32 heavy (non-hydrogen) atoms. The highest BCUT2D eigenvalue weighted by Crippen LogP contribution is 2.29. The van der Waals surface area contributed by atoms with E-state index in [1.807, 2.05) is 31.4 Å². The molecule has 0 saturated heterocycles. The first-order chi connectivity index (χ1) is 15.3. The first kappa shape index (κ1) is 21.7. The largest absolute Gasteiger partial charge is 0.298 e. The van der Waals surface area contributed by atoms with Gasteiger partial charge in [0.25, 0.3) is 15.9 Å². The van der Waals surface area contributed by atoms with Gasteiger partial charge in [-0.25, -0.2) is 13.4 Å². The maximum atomic E-state index is 12.9. The van der Waals surface area contributed by atoms with Gasteiger partial charge in [-0.1, -0.05) is 54.1 Å². The lowest BCUT2D eigenvalue weighted by Gasteiger charge is -2.12. The number of hydrogen-bond donors (Lipinski definition) is 2. The van der Waals surface area contributed by atoms with Gasteiger partial charge in [-0.15, -0.1) is 11.3 Å². The van der Waals surface area contributed by atoms with Gasteiger partial charge < -0.3 is 0 Å². The summed E-state index contributed by atoms with van der Waals surface area (Å²) in [7, 11) is -3.83. The van der Waals surface area contributed by atoms with Crippen molar-refractivity contribution in [3.05, 3.63) is 94.9 Å². The Morgan fingerprint density at radius 2 is 1.66 bits per heavy atom. The fourth-order valence-electron chi connectivity index (χ4n) is 3.29. The molecule has 1 aromatic heterocycles. The average molecular weight is 464 g/mol. The first-order valence-electron chi connectivity index (χ1n) is 9.85. The molecule has 0 saturated carbocycles. The normalized spacial score (nSPS) is 11.2. The molecule has 0 unspecified atom stereocenters. The van der Waals surface area contributed by atoms with Crippen LogP contribution in [0.3, 0.4) is 0 Å². The minimum atomic E-state index is -3.83. The molecule has 0 aliphatic heterocycles. The molecule has 1 heterocycles. The number of amides is 1. The van der Waals surface area contributed by atoms with Gasteiger partial charge in [0.05, 0.1) is 21.8 Å². The molecule has 1 amide bonds. The third-order valence-electron chi connectivity index (χ3n) is 4.85. The predicted molar refractivity (Wildman–Crippen MR) is 129 cm³/mol. The Labute approximate surface area is 191 Å². The van der Waals surface area contributed by atoms with Gasteiger partial charge in [0, 0.05) is 10.9 Å². The maximum Gasteiger partial charge on any atom is 0.261 e. The van der Waals surface area contributed by atoms with Crippen LogP contribution in [-0.2, 0) is 10.0 Å². The number of nitrogens with zero attached hydrogens (tertiary/aromatic N) is 1. The van der Waals surface area contributed by atoms with Crippen molar-refractivity contribution in [3.63, 3.8) is 0 Å². The number of benzene rings is 3. The zero-order chi connectivity index (χ0) is 22.7. The summed E-state index contributed by atoms with van der Waals surface area (Å²) in [5.41, 5.74) is 4.46. The van der Waals surface area contributed by atoms with Crippen molar-refractivity contribution in [1.29, 1.82) is 0 Å². The Morgan fingerprint density at radius 1 is 0.938 bits per heavy atom. The van der Waals surface area contributed by atoms with Gasteiger partial charge in [0.1, 0.15) is 0 Å². The third kappa shape index (κ3) is 4.71. The summed E-state index contributed by atoms with van der Waals surface area (Å²) in [5, 5.41) is 5.10. The summed E-state index contributed by atoms with van der Waals surface area (Å²) < 4.78 is 27.9. The Hall–Kier alpha value is -3.49. The van der Waals surface area contributed by atoms with Gasteiger partial charge in [-0.2, -0.15) is 0 Å². The second kappa shape index (κ2) is 8.94. The fourth-order valence-corrected chi connectivity index (χ4v) is 5.10. The molecular formula is C24H21N3O3S2. The summed E-state index contributed by atoms with van der Waals surface area (Å²) in [6, 6.07) is 20.6. The summed E-state index contributed by atoms with van der Waals surface area (Å²) in [6.07, 6.45) is 0. The van der Waals surface area contributed by atoms with Gasteiger partial charge in [0.15, 0.2) is 5.13 Å². The van der Waals surface area contributed by atoms with Crippen LogP contribution in [0, 0.1) is 13.8 Å². The molecule has 6 nitrogen and oxygen atoms in total. The Balaban J connectivity index is 1.56. The number of nitrogens with one attached hydrogen (secondary N) is 2. The molecule has 0 aliphatic carbocycles.